The van der Waals surface area contributed by atoms with Crippen LogP contribution in [0.15, 0.2) is 36.7 Å². The second kappa shape index (κ2) is 11.4. The molecule has 0 spiro atoms. The Balaban J connectivity index is 1.53. The summed E-state index contributed by atoms with van der Waals surface area (Å²) in [6, 6.07) is 10.7. The fraction of sp³-hybridized carbons (Fsp3) is 0.567. The summed E-state index contributed by atoms with van der Waals surface area (Å²) in [4.78, 5) is 12.5. The van der Waals surface area contributed by atoms with Crippen LogP contribution in [0, 0.1) is 23.2 Å². The zero-order valence-corrected chi connectivity index (χ0v) is 21.8. The van der Waals surface area contributed by atoms with E-state index in [1.807, 2.05) is 36.7 Å². The van der Waals surface area contributed by atoms with Gasteiger partial charge in [-0.05, 0) is 62.7 Å². The number of piperidine rings is 1. The van der Waals surface area contributed by atoms with Crippen molar-refractivity contribution in [3.8, 4) is 23.3 Å². The third-order valence-electron chi connectivity index (χ3n) is 8.25. The van der Waals surface area contributed by atoms with Crippen LogP contribution in [0.25, 0.3) is 16.9 Å². The molecule has 1 aromatic carbocycles. The second-order valence-corrected chi connectivity index (χ2v) is 10.8. The van der Waals surface area contributed by atoms with Crippen LogP contribution < -0.4 is 4.74 Å². The van der Waals surface area contributed by atoms with Crippen molar-refractivity contribution in [3.63, 3.8) is 0 Å². The first-order valence-corrected chi connectivity index (χ1v) is 13.9. The molecule has 1 saturated heterocycles. The SMILES string of the molecule is CCN1CCCC(COc2nc(-c3ccc(C#N)cc3)c(C3CCCCC(C)CC3)c3nccn23)C1. The largest absolute Gasteiger partial charge is 0.464 e. The van der Waals surface area contributed by atoms with E-state index in [0.717, 1.165) is 48.8 Å². The predicted molar refractivity (Wildman–Crippen MR) is 143 cm³/mol. The lowest BCUT2D eigenvalue weighted by molar-refractivity contribution is 0.129. The van der Waals surface area contributed by atoms with E-state index < -0.39 is 0 Å². The van der Waals surface area contributed by atoms with E-state index in [1.54, 1.807) is 0 Å². The van der Waals surface area contributed by atoms with Gasteiger partial charge >= 0.3 is 6.01 Å². The first-order chi connectivity index (χ1) is 17.7. The Morgan fingerprint density at radius 2 is 1.89 bits per heavy atom. The van der Waals surface area contributed by atoms with E-state index in [9.17, 15) is 5.26 Å². The van der Waals surface area contributed by atoms with Crippen molar-refractivity contribution in [2.45, 2.75) is 71.1 Å². The van der Waals surface area contributed by atoms with E-state index in [4.69, 9.17) is 14.7 Å². The first-order valence-electron chi connectivity index (χ1n) is 13.9. The Morgan fingerprint density at radius 3 is 2.69 bits per heavy atom. The number of hydrogen-bond acceptors (Lipinski definition) is 5. The molecule has 3 atom stereocenters. The molecule has 1 aliphatic heterocycles. The van der Waals surface area contributed by atoms with Gasteiger partial charge in [0, 0.05) is 36.0 Å². The highest BCUT2D eigenvalue weighted by Gasteiger charge is 2.27. The Hall–Kier alpha value is -2.91. The molecule has 3 heterocycles. The summed E-state index contributed by atoms with van der Waals surface area (Å²) < 4.78 is 8.51. The molecule has 1 aliphatic carbocycles. The van der Waals surface area contributed by atoms with Crippen LogP contribution in [0.1, 0.15) is 82.3 Å². The van der Waals surface area contributed by atoms with Gasteiger partial charge in [0.25, 0.3) is 0 Å². The number of rotatable bonds is 6. The van der Waals surface area contributed by atoms with E-state index in [2.05, 4.69) is 29.2 Å². The number of nitrogens with zero attached hydrogens (tertiary/aromatic N) is 5. The minimum Gasteiger partial charge on any atom is -0.464 e. The van der Waals surface area contributed by atoms with Gasteiger partial charge in [0.2, 0.25) is 0 Å². The van der Waals surface area contributed by atoms with Gasteiger partial charge in [-0.15, -0.1) is 0 Å². The lowest BCUT2D eigenvalue weighted by Gasteiger charge is -2.31. The maximum Gasteiger partial charge on any atom is 0.302 e. The van der Waals surface area contributed by atoms with Gasteiger partial charge in [0.1, 0.15) is 5.65 Å². The Kier molecular flexibility index (Phi) is 7.87. The molecule has 0 bridgehead atoms. The Morgan fingerprint density at radius 1 is 1.06 bits per heavy atom. The quantitative estimate of drug-likeness (QED) is 0.401. The molecule has 2 aliphatic rings. The van der Waals surface area contributed by atoms with Crippen LogP contribution in [0.2, 0.25) is 0 Å². The smallest absolute Gasteiger partial charge is 0.302 e. The lowest BCUT2D eigenvalue weighted by Crippen LogP contribution is -2.37. The van der Waals surface area contributed by atoms with Crippen LogP contribution in [0.4, 0.5) is 0 Å². The minimum atomic E-state index is 0.418. The number of aromatic nitrogens is 3. The zero-order valence-electron chi connectivity index (χ0n) is 21.8. The fourth-order valence-corrected chi connectivity index (χ4v) is 6.09. The van der Waals surface area contributed by atoms with E-state index in [0.29, 0.717) is 30.0 Å². The predicted octanol–water partition coefficient (Wildman–Crippen LogP) is 6.45. The summed E-state index contributed by atoms with van der Waals surface area (Å²) in [5, 5.41) is 9.33. The maximum atomic E-state index is 9.33. The van der Waals surface area contributed by atoms with Crippen LogP contribution in [0.3, 0.4) is 0 Å². The van der Waals surface area contributed by atoms with Crippen LogP contribution in [0.5, 0.6) is 6.01 Å². The van der Waals surface area contributed by atoms with Gasteiger partial charge in [0.05, 0.1) is 23.9 Å². The first kappa shape index (κ1) is 24.8. The van der Waals surface area contributed by atoms with E-state index in [-0.39, 0.29) is 0 Å². The highest BCUT2D eigenvalue weighted by atomic mass is 16.5. The summed E-state index contributed by atoms with van der Waals surface area (Å²) >= 11 is 0. The fourth-order valence-electron chi connectivity index (χ4n) is 6.09. The normalized spacial score (nSPS) is 23.6. The van der Waals surface area contributed by atoms with E-state index >= 15 is 0 Å². The third-order valence-corrected chi connectivity index (χ3v) is 8.25. The molecule has 36 heavy (non-hydrogen) atoms. The number of hydrogen-bond donors (Lipinski definition) is 0. The topological polar surface area (TPSA) is 66.5 Å². The average Bonchev–Trinajstić information content (AvgIpc) is 3.40. The molecule has 3 unspecified atom stereocenters. The monoisotopic (exact) mass is 485 g/mol. The van der Waals surface area contributed by atoms with Crippen molar-refractivity contribution in [3.05, 3.63) is 47.8 Å². The summed E-state index contributed by atoms with van der Waals surface area (Å²) in [6.45, 7) is 8.66. The van der Waals surface area contributed by atoms with Gasteiger partial charge in [-0.3, -0.25) is 4.40 Å². The summed E-state index contributed by atoms with van der Waals surface area (Å²) in [6.07, 6.45) is 13.7. The average molecular weight is 486 g/mol. The van der Waals surface area contributed by atoms with Crippen molar-refractivity contribution in [2.75, 3.05) is 26.2 Å². The molecule has 0 radical (unpaired) electrons. The molecule has 190 valence electrons. The molecule has 6 nitrogen and oxygen atoms in total. The summed E-state index contributed by atoms with van der Waals surface area (Å²) in [5.41, 5.74) is 4.86. The number of ether oxygens (including phenoxy) is 1. The van der Waals surface area contributed by atoms with Crippen LogP contribution in [-0.4, -0.2) is 45.5 Å². The molecule has 2 fully saturated rings. The van der Waals surface area contributed by atoms with Gasteiger partial charge in [-0.25, -0.2) is 4.98 Å². The molecular formula is C30H39N5O. The van der Waals surface area contributed by atoms with Gasteiger partial charge in [-0.2, -0.15) is 10.2 Å². The molecule has 0 amide bonds. The van der Waals surface area contributed by atoms with Crippen molar-refractivity contribution < 1.29 is 4.74 Å². The summed E-state index contributed by atoms with van der Waals surface area (Å²) in [7, 11) is 0. The van der Waals surface area contributed by atoms with Gasteiger partial charge in [0.15, 0.2) is 0 Å². The van der Waals surface area contributed by atoms with Gasteiger partial charge in [-0.1, -0.05) is 51.7 Å². The van der Waals surface area contributed by atoms with Crippen LogP contribution >= 0.6 is 0 Å². The second-order valence-electron chi connectivity index (χ2n) is 10.8. The van der Waals surface area contributed by atoms with Gasteiger partial charge < -0.3 is 9.64 Å². The Bertz CT molecular complexity index is 1190. The standard InChI is InChI=1S/C30H39N5O/c1-3-34-17-6-8-24(20-34)21-36-30-33-28(26-14-11-23(19-31)12-15-26)27(29-32-16-18-35(29)30)25-9-5-4-7-22(2)10-13-25/h11-12,14-16,18,22,24-25H,3-10,13,17,20-21H2,1-2H3. The highest BCUT2D eigenvalue weighted by Crippen LogP contribution is 2.40. The maximum absolute atomic E-state index is 9.33. The number of likely N-dealkylation sites (tertiary alicyclic amines) is 1. The van der Waals surface area contributed by atoms with Crippen molar-refractivity contribution in [1.29, 1.82) is 5.26 Å². The van der Waals surface area contributed by atoms with E-state index in [1.165, 1.54) is 50.6 Å². The number of nitriles is 1. The van der Waals surface area contributed by atoms with Crippen molar-refractivity contribution in [1.82, 2.24) is 19.3 Å². The number of fused-ring (bicyclic) bond motifs is 1. The number of imidazole rings is 1. The molecule has 2 aromatic heterocycles. The molecule has 3 aromatic rings. The summed E-state index contributed by atoms with van der Waals surface area (Å²) in [5.74, 6) is 1.70. The lowest BCUT2D eigenvalue weighted by atomic mass is 9.81. The van der Waals surface area contributed by atoms with Crippen molar-refractivity contribution in [2.24, 2.45) is 11.8 Å². The minimum absolute atomic E-state index is 0.418. The molecule has 6 heteroatoms. The Labute approximate surface area is 215 Å². The molecule has 0 N–H and O–H groups in total. The zero-order chi connectivity index (χ0) is 24.9. The van der Waals surface area contributed by atoms with Crippen LogP contribution in [-0.2, 0) is 0 Å². The molecular weight excluding hydrogens is 446 g/mol. The molecule has 5 rings (SSSR count). The highest BCUT2D eigenvalue weighted by molar-refractivity contribution is 5.72. The third kappa shape index (κ3) is 5.42. The number of benzene rings is 1. The molecule has 1 saturated carbocycles. The van der Waals surface area contributed by atoms with Crippen molar-refractivity contribution >= 4 is 5.65 Å².